The second-order valence-corrected chi connectivity index (χ2v) is 5.99. The van der Waals surface area contributed by atoms with Gasteiger partial charge in [-0.1, -0.05) is 17.7 Å². The lowest BCUT2D eigenvalue weighted by molar-refractivity contribution is 0.627. The zero-order chi connectivity index (χ0) is 12.5. The van der Waals surface area contributed by atoms with Crippen LogP contribution >= 0.6 is 22.9 Å². The second kappa shape index (κ2) is 4.90. The van der Waals surface area contributed by atoms with Gasteiger partial charge in [-0.25, -0.2) is 4.39 Å². The third-order valence-corrected chi connectivity index (χ3v) is 4.45. The molecular weight excluding hydrogens is 269 g/mol. The van der Waals surface area contributed by atoms with Crippen LogP contribution in [0.5, 0.6) is 0 Å². The van der Waals surface area contributed by atoms with E-state index >= 15 is 0 Å². The minimum atomic E-state index is -0.373. The van der Waals surface area contributed by atoms with Crippen LogP contribution in [0.3, 0.4) is 0 Å². The third-order valence-electron chi connectivity index (χ3n) is 3.18. The number of hydrogen-bond acceptors (Lipinski definition) is 2. The van der Waals surface area contributed by atoms with Gasteiger partial charge >= 0.3 is 0 Å². The molecule has 1 aromatic heterocycles. The largest absolute Gasteiger partial charge is 0.377 e. The molecule has 1 fully saturated rings. The molecule has 3 rings (SSSR count). The van der Waals surface area contributed by atoms with Crippen molar-refractivity contribution in [1.82, 2.24) is 0 Å². The van der Waals surface area contributed by atoms with Gasteiger partial charge in [0.1, 0.15) is 5.82 Å². The first-order valence-corrected chi connectivity index (χ1v) is 7.25. The van der Waals surface area contributed by atoms with E-state index in [-0.39, 0.29) is 10.8 Å². The number of nitrogens with one attached hydrogen (secondary N) is 1. The molecule has 1 unspecified atom stereocenters. The van der Waals surface area contributed by atoms with E-state index < -0.39 is 0 Å². The smallest absolute Gasteiger partial charge is 0.143 e. The number of halogens is 2. The summed E-state index contributed by atoms with van der Waals surface area (Å²) in [7, 11) is 0. The molecule has 0 radical (unpaired) electrons. The van der Waals surface area contributed by atoms with E-state index in [1.807, 2.05) is 6.07 Å². The first-order chi connectivity index (χ1) is 8.74. The lowest BCUT2D eigenvalue weighted by Crippen LogP contribution is -2.11. The van der Waals surface area contributed by atoms with Gasteiger partial charge in [-0.2, -0.15) is 0 Å². The molecule has 2 aromatic rings. The Hall–Kier alpha value is -1.06. The first-order valence-electron chi connectivity index (χ1n) is 5.99. The van der Waals surface area contributed by atoms with Crippen molar-refractivity contribution in [2.75, 3.05) is 5.32 Å². The van der Waals surface area contributed by atoms with Crippen molar-refractivity contribution in [1.29, 1.82) is 0 Å². The van der Waals surface area contributed by atoms with Crippen LogP contribution in [0.15, 0.2) is 35.7 Å². The van der Waals surface area contributed by atoms with Crippen LogP contribution in [0.4, 0.5) is 10.1 Å². The third kappa shape index (κ3) is 2.52. The minimum absolute atomic E-state index is 0.166. The fourth-order valence-corrected chi connectivity index (χ4v) is 3.07. The average Bonchev–Trinajstić information content (AvgIpc) is 3.05. The minimum Gasteiger partial charge on any atom is -0.377 e. The van der Waals surface area contributed by atoms with Crippen molar-refractivity contribution >= 4 is 28.6 Å². The van der Waals surface area contributed by atoms with Crippen LogP contribution in [-0.2, 0) is 0 Å². The maximum Gasteiger partial charge on any atom is 0.143 e. The highest BCUT2D eigenvalue weighted by molar-refractivity contribution is 7.10. The highest BCUT2D eigenvalue weighted by Gasteiger charge is 2.32. The monoisotopic (exact) mass is 281 g/mol. The molecule has 1 nitrogen and oxygen atoms in total. The fraction of sp³-hybridized carbons (Fsp3) is 0.286. The molecule has 0 amide bonds. The molecule has 94 valence electrons. The van der Waals surface area contributed by atoms with Gasteiger partial charge in [-0.15, -0.1) is 11.3 Å². The van der Waals surface area contributed by atoms with Crippen molar-refractivity contribution in [2.24, 2.45) is 5.92 Å². The molecule has 1 aromatic carbocycles. The predicted molar refractivity (Wildman–Crippen MR) is 74.8 cm³/mol. The Morgan fingerprint density at radius 1 is 1.33 bits per heavy atom. The number of thiophene rings is 1. The molecule has 1 atom stereocenters. The van der Waals surface area contributed by atoms with Gasteiger partial charge in [0.05, 0.1) is 11.1 Å². The van der Waals surface area contributed by atoms with Crippen molar-refractivity contribution in [2.45, 2.75) is 18.9 Å². The van der Waals surface area contributed by atoms with Crippen LogP contribution in [0, 0.1) is 11.7 Å². The zero-order valence-corrected chi connectivity index (χ0v) is 11.3. The molecule has 0 spiro atoms. The first kappa shape index (κ1) is 12.0. The van der Waals surface area contributed by atoms with Gasteiger partial charge in [0.2, 0.25) is 0 Å². The van der Waals surface area contributed by atoms with Crippen molar-refractivity contribution in [3.8, 4) is 0 Å². The summed E-state index contributed by atoms with van der Waals surface area (Å²) < 4.78 is 13.4. The van der Waals surface area contributed by atoms with E-state index in [4.69, 9.17) is 11.6 Å². The molecule has 4 heteroatoms. The molecule has 1 aliphatic carbocycles. The Labute approximate surface area is 115 Å². The number of rotatable bonds is 4. The van der Waals surface area contributed by atoms with Gasteiger partial charge in [0.25, 0.3) is 0 Å². The van der Waals surface area contributed by atoms with Gasteiger partial charge in [0.15, 0.2) is 0 Å². The molecule has 0 aliphatic heterocycles. The highest BCUT2D eigenvalue weighted by Crippen LogP contribution is 2.44. The van der Waals surface area contributed by atoms with E-state index in [9.17, 15) is 4.39 Å². The average molecular weight is 282 g/mol. The number of hydrogen-bond donors (Lipinski definition) is 1. The molecule has 1 heterocycles. The molecular formula is C14H13ClFNS. The Morgan fingerprint density at radius 3 is 2.78 bits per heavy atom. The predicted octanol–water partition coefficient (Wildman–Crippen LogP) is 5.10. The molecule has 0 saturated heterocycles. The van der Waals surface area contributed by atoms with Crippen molar-refractivity contribution < 1.29 is 4.39 Å². The lowest BCUT2D eigenvalue weighted by atomic mass is 10.1. The Balaban J connectivity index is 1.82. The van der Waals surface area contributed by atoms with E-state index in [2.05, 4.69) is 22.8 Å². The SMILES string of the molecule is Fc1cc(NC(c2cccs2)C2CC2)ccc1Cl. The summed E-state index contributed by atoms with van der Waals surface area (Å²) in [6, 6.07) is 9.37. The summed E-state index contributed by atoms with van der Waals surface area (Å²) in [6.07, 6.45) is 2.48. The van der Waals surface area contributed by atoms with Gasteiger partial charge < -0.3 is 5.32 Å². The zero-order valence-electron chi connectivity index (χ0n) is 9.70. The van der Waals surface area contributed by atoms with E-state index in [1.165, 1.54) is 23.8 Å². The molecule has 1 N–H and O–H groups in total. The summed E-state index contributed by atoms with van der Waals surface area (Å²) in [4.78, 5) is 1.31. The van der Waals surface area contributed by atoms with Crippen LogP contribution in [0.25, 0.3) is 0 Å². The Kier molecular flexibility index (Phi) is 3.27. The van der Waals surface area contributed by atoms with Crippen LogP contribution in [-0.4, -0.2) is 0 Å². The summed E-state index contributed by atoms with van der Waals surface area (Å²) in [5.74, 6) is 0.296. The normalized spacial score (nSPS) is 16.6. The van der Waals surface area contributed by atoms with Gasteiger partial charge in [0, 0.05) is 10.6 Å². The van der Waals surface area contributed by atoms with Crippen LogP contribution in [0.2, 0.25) is 5.02 Å². The summed E-state index contributed by atoms with van der Waals surface area (Å²) in [5.41, 5.74) is 0.794. The fourth-order valence-electron chi connectivity index (χ4n) is 2.08. The van der Waals surface area contributed by atoms with Crippen LogP contribution in [0.1, 0.15) is 23.8 Å². The summed E-state index contributed by atoms with van der Waals surface area (Å²) in [6.45, 7) is 0. The number of anilines is 1. The van der Waals surface area contributed by atoms with Crippen molar-refractivity contribution in [3.63, 3.8) is 0 Å². The highest BCUT2D eigenvalue weighted by atomic mass is 35.5. The Bertz CT molecular complexity index is 537. The van der Waals surface area contributed by atoms with Gasteiger partial charge in [-0.3, -0.25) is 0 Å². The van der Waals surface area contributed by atoms with E-state index in [0.29, 0.717) is 12.0 Å². The van der Waals surface area contributed by atoms with E-state index in [1.54, 1.807) is 17.4 Å². The summed E-state index contributed by atoms with van der Waals surface area (Å²) >= 11 is 7.43. The number of benzene rings is 1. The quantitative estimate of drug-likeness (QED) is 0.822. The summed E-state index contributed by atoms with van der Waals surface area (Å²) in [5, 5.41) is 5.67. The van der Waals surface area contributed by atoms with E-state index in [0.717, 1.165) is 5.69 Å². The molecule has 18 heavy (non-hydrogen) atoms. The van der Waals surface area contributed by atoms with Crippen LogP contribution < -0.4 is 5.32 Å². The van der Waals surface area contributed by atoms with Crippen molar-refractivity contribution in [3.05, 3.63) is 51.4 Å². The maximum atomic E-state index is 13.4. The lowest BCUT2D eigenvalue weighted by Gasteiger charge is -2.18. The van der Waals surface area contributed by atoms with Gasteiger partial charge in [-0.05, 0) is 48.4 Å². The Morgan fingerprint density at radius 2 is 2.17 bits per heavy atom. The second-order valence-electron chi connectivity index (χ2n) is 4.60. The molecule has 0 bridgehead atoms. The topological polar surface area (TPSA) is 12.0 Å². The standard InChI is InChI=1S/C14H13ClFNS/c15-11-6-5-10(8-12(11)16)17-14(9-3-4-9)13-2-1-7-18-13/h1-2,5-9,14,17H,3-4H2. The molecule has 1 saturated carbocycles. The maximum absolute atomic E-state index is 13.4. The molecule has 1 aliphatic rings.